The summed E-state index contributed by atoms with van der Waals surface area (Å²) in [5.41, 5.74) is 0.569. The minimum absolute atomic E-state index is 0.569. The first-order valence-corrected chi connectivity index (χ1v) is 8.12. The first-order chi connectivity index (χ1) is 7.74. The second-order valence-electron chi connectivity index (χ2n) is 4.79. The van der Waals surface area contributed by atoms with Crippen molar-refractivity contribution in [3.05, 3.63) is 0 Å². The lowest BCUT2D eigenvalue weighted by molar-refractivity contribution is 0.216. The van der Waals surface area contributed by atoms with Crippen LogP contribution < -0.4 is 5.32 Å². The van der Waals surface area contributed by atoms with E-state index in [-0.39, 0.29) is 0 Å². The Balaban J connectivity index is 4.04. The molecule has 98 valence electrons. The van der Waals surface area contributed by atoms with Gasteiger partial charge < -0.3 is 5.32 Å². The van der Waals surface area contributed by atoms with Gasteiger partial charge in [0.05, 0.1) is 0 Å². The van der Waals surface area contributed by atoms with Crippen LogP contribution in [0, 0.1) is 5.41 Å². The van der Waals surface area contributed by atoms with Gasteiger partial charge >= 0.3 is 0 Å². The summed E-state index contributed by atoms with van der Waals surface area (Å²) < 4.78 is 0. The second-order valence-corrected chi connectivity index (χ2v) is 6.18. The molecule has 0 radical (unpaired) electrons. The molecule has 1 N–H and O–H groups in total. The number of hydrogen-bond acceptors (Lipinski definition) is 2. The molecule has 0 aliphatic heterocycles. The lowest BCUT2D eigenvalue weighted by Gasteiger charge is -2.33. The molecule has 1 atom stereocenters. The highest BCUT2D eigenvalue weighted by Crippen LogP contribution is 2.33. The normalized spacial score (nSPS) is 15.0. The van der Waals surface area contributed by atoms with Crippen LogP contribution in [0.5, 0.6) is 0 Å². The smallest absolute Gasteiger partial charge is 0.000470 e. The predicted octanol–water partition coefficient (Wildman–Crippen LogP) is 4.33. The quantitative estimate of drug-likeness (QED) is 0.544. The molecule has 0 aliphatic rings. The van der Waals surface area contributed by atoms with E-state index in [0.717, 1.165) is 0 Å². The van der Waals surface area contributed by atoms with Gasteiger partial charge in [0.1, 0.15) is 0 Å². The largest absolute Gasteiger partial charge is 0.319 e. The molecule has 0 saturated carbocycles. The maximum Gasteiger partial charge on any atom is 0.000470 e. The van der Waals surface area contributed by atoms with Crippen LogP contribution in [0.15, 0.2) is 0 Å². The molecule has 0 spiro atoms. The number of unbranched alkanes of at least 4 members (excludes halogenated alkanes) is 1. The van der Waals surface area contributed by atoms with Crippen LogP contribution in [0.3, 0.4) is 0 Å². The van der Waals surface area contributed by atoms with Crippen molar-refractivity contribution in [1.82, 2.24) is 5.32 Å². The van der Waals surface area contributed by atoms with Crippen molar-refractivity contribution >= 4 is 11.8 Å². The fourth-order valence-electron chi connectivity index (χ4n) is 2.40. The average molecular weight is 245 g/mol. The van der Waals surface area contributed by atoms with E-state index >= 15 is 0 Å². The Morgan fingerprint density at radius 2 is 1.75 bits per heavy atom. The molecule has 0 saturated heterocycles. The number of thioether (sulfide) groups is 1. The molecule has 0 fully saturated rings. The number of rotatable bonds is 11. The van der Waals surface area contributed by atoms with Gasteiger partial charge in [-0.3, -0.25) is 0 Å². The minimum atomic E-state index is 0.569. The van der Waals surface area contributed by atoms with Crippen LogP contribution in [0.4, 0.5) is 0 Å². The van der Waals surface area contributed by atoms with E-state index in [1.165, 1.54) is 56.6 Å². The molecule has 0 aromatic heterocycles. The SMILES string of the molecule is CCCCC(CC)(CCCSCC)CNC. The maximum atomic E-state index is 3.40. The molecule has 0 bridgehead atoms. The molecule has 0 rings (SSSR count). The zero-order valence-electron chi connectivity index (χ0n) is 11.8. The van der Waals surface area contributed by atoms with E-state index < -0.39 is 0 Å². The zero-order valence-corrected chi connectivity index (χ0v) is 12.6. The summed E-state index contributed by atoms with van der Waals surface area (Å²) in [6.07, 6.45) is 8.23. The summed E-state index contributed by atoms with van der Waals surface area (Å²) in [5.74, 6) is 2.61. The third kappa shape index (κ3) is 6.80. The Hall–Kier alpha value is 0.310. The Labute approximate surface area is 107 Å². The van der Waals surface area contributed by atoms with Gasteiger partial charge in [-0.1, -0.05) is 33.6 Å². The fourth-order valence-corrected chi connectivity index (χ4v) is 3.04. The van der Waals surface area contributed by atoms with Gasteiger partial charge in [0, 0.05) is 6.54 Å². The van der Waals surface area contributed by atoms with Crippen molar-refractivity contribution in [2.45, 2.75) is 59.3 Å². The molecule has 1 unspecified atom stereocenters. The van der Waals surface area contributed by atoms with E-state index in [1.807, 2.05) is 0 Å². The molecular formula is C14H31NS. The van der Waals surface area contributed by atoms with Crippen molar-refractivity contribution in [2.75, 3.05) is 25.1 Å². The monoisotopic (exact) mass is 245 g/mol. The van der Waals surface area contributed by atoms with Gasteiger partial charge in [-0.25, -0.2) is 0 Å². The molecule has 0 heterocycles. The van der Waals surface area contributed by atoms with E-state index in [1.54, 1.807) is 0 Å². The summed E-state index contributed by atoms with van der Waals surface area (Å²) >= 11 is 2.08. The van der Waals surface area contributed by atoms with Crippen LogP contribution in [-0.4, -0.2) is 25.1 Å². The van der Waals surface area contributed by atoms with Gasteiger partial charge in [-0.15, -0.1) is 0 Å². The van der Waals surface area contributed by atoms with E-state index in [4.69, 9.17) is 0 Å². The van der Waals surface area contributed by atoms with E-state index in [9.17, 15) is 0 Å². The Bertz CT molecular complexity index is 150. The first kappa shape index (κ1) is 16.3. The van der Waals surface area contributed by atoms with E-state index in [2.05, 4.69) is 44.9 Å². The molecule has 0 aromatic rings. The highest BCUT2D eigenvalue weighted by atomic mass is 32.2. The van der Waals surface area contributed by atoms with Crippen LogP contribution in [0.25, 0.3) is 0 Å². The number of hydrogen-bond donors (Lipinski definition) is 1. The number of nitrogens with one attached hydrogen (secondary N) is 1. The molecule has 16 heavy (non-hydrogen) atoms. The Morgan fingerprint density at radius 3 is 2.25 bits per heavy atom. The van der Waals surface area contributed by atoms with Crippen molar-refractivity contribution in [3.8, 4) is 0 Å². The predicted molar refractivity (Wildman–Crippen MR) is 78.4 cm³/mol. The average Bonchev–Trinajstić information content (AvgIpc) is 2.31. The van der Waals surface area contributed by atoms with Crippen molar-refractivity contribution in [3.63, 3.8) is 0 Å². The maximum absolute atomic E-state index is 3.40. The Morgan fingerprint density at radius 1 is 1.06 bits per heavy atom. The summed E-state index contributed by atoms with van der Waals surface area (Å²) in [5, 5.41) is 3.40. The van der Waals surface area contributed by atoms with Gasteiger partial charge in [0.25, 0.3) is 0 Å². The molecule has 1 nitrogen and oxygen atoms in total. The summed E-state index contributed by atoms with van der Waals surface area (Å²) in [7, 11) is 2.09. The van der Waals surface area contributed by atoms with Crippen molar-refractivity contribution in [2.24, 2.45) is 5.41 Å². The molecule has 0 aromatic carbocycles. The van der Waals surface area contributed by atoms with Gasteiger partial charge in [-0.2, -0.15) is 11.8 Å². The molecular weight excluding hydrogens is 214 g/mol. The summed E-state index contributed by atoms with van der Waals surface area (Å²) in [6, 6.07) is 0. The van der Waals surface area contributed by atoms with Gasteiger partial charge in [-0.05, 0) is 49.7 Å². The second kappa shape index (κ2) is 10.5. The summed E-state index contributed by atoms with van der Waals surface area (Å²) in [6.45, 7) is 8.11. The van der Waals surface area contributed by atoms with Crippen molar-refractivity contribution in [1.29, 1.82) is 0 Å². The van der Waals surface area contributed by atoms with Gasteiger partial charge in [0.15, 0.2) is 0 Å². The summed E-state index contributed by atoms with van der Waals surface area (Å²) in [4.78, 5) is 0. The van der Waals surface area contributed by atoms with Crippen LogP contribution in [0.2, 0.25) is 0 Å². The Kier molecular flexibility index (Phi) is 10.7. The molecule has 0 amide bonds. The highest BCUT2D eigenvalue weighted by Gasteiger charge is 2.25. The lowest BCUT2D eigenvalue weighted by Crippen LogP contribution is -2.32. The fraction of sp³-hybridized carbons (Fsp3) is 1.00. The van der Waals surface area contributed by atoms with Crippen LogP contribution >= 0.6 is 11.8 Å². The minimum Gasteiger partial charge on any atom is -0.319 e. The highest BCUT2D eigenvalue weighted by molar-refractivity contribution is 7.99. The standard InChI is InChI=1S/C14H31NS/c1-5-8-10-14(6-2,13-15-4)11-9-12-16-7-3/h15H,5-13H2,1-4H3. The lowest BCUT2D eigenvalue weighted by atomic mass is 9.76. The topological polar surface area (TPSA) is 12.0 Å². The van der Waals surface area contributed by atoms with Crippen LogP contribution in [-0.2, 0) is 0 Å². The van der Waals surface area contributed by atoms with Crippen molar-refractivity contribution < 1.29 is 0 Å². The third-order valence-corrected chi connectivity index (χ3v) is 4.55. The molecule has 0 aliphatic carbocycles. The first-order valence-electron chi connectivity index (χ1n) is 6.97. The van der Waals surface area contributed by atoms with Crippen LogP contribution in [0.1, 0.15) is 59.3 Å². The van der Waals surface area contributed by atoms with Gasteiger partial charge in [0.2, 0.25) is 0 Å². The zero-order chi connectivity index (χ0) is 12.3. The third-order valence-electron chi connectivity index (χ3n) is 3.56. The van der Waals surface area contributed by atoms with E-state index in [0.29, 0.717) is 5.41 Å². The molecule has 2 heteroatoms.